The van der Waals surface area contributed by atoms with Crippen LogP contribution in [0.3, 0.4) is 0 Å². The number of nitrogens with zero attached hydrogens (tertiary/aromatic N) is 1. The molecule has 3 aromatic heterocycles. The van der Waals surface area contributed by atoms with Gasteiger partial charge in [0.25, 0.3) is 5.56 Å². The van der Waals surface area contributed by atoms with E-state index in [9.17, 15) is 14.4 Å². The van der Waals surface area contributed by atoms with Crippen LogP contribution in [0.25, 0.3) is 21.2 Å². The zero-order chi connectivity index (χ0) is 19.1. The first kappa shape index (κ1) is 17.2. The van der Waals surface area contributed by atoms with Gasteiger partial charge in [-0.1, -0.05) is 18.2 Å². The molecule has 0 spiro atoms. The van der Waals surface area contributed by atoms with Gasteiger partial charge in [0, 0.05) is 10.3 Å². The number of benzene rings is 1. The number of para-hydroxylation sites is 1. The molecule has 3 heterocycles. The molecule has 0 aliphatic rings. The van der Waals surface area contributed by atoms with Gasteiger partial charge in [0.15, 0.2) is 0 Å². The second-order valence-electron chi connectivity index (χ2n) is 6.04. The fourth-order valence-corrected chi connectivity index (χ4v) is 3.83. The number of thiophene rings is 1. The molecule has 0 amide bonds. The average Bonchev–Trinajstić information content (AvgIpc) is 2.93. The molecular weight excluding hydrogens is 368 g/mol. The third kappa shape index (κ3) is 3.04. The predicted octanol–water partition coefficient (Wildman–Crippen LogP) is 3.06. The lowest BCUT2D eigenvalue weighted by Crippen LogP contribution is -2.18. The topological polar surface area (TPSA) is 102 Å². The molecule has 136 valence electrons. The van der Waals surface area contributed by atoms with Crippen LogP contribution in [0.5, 0.6) is 0 Å². The van der Waals surface area contributed by atoms with E-state index in [1.54, 1.807) is 24.3 Å². The van der Waals surface area contributed by atoms with Gasteiger partial charge in [-0.2, -0.15) is 0 Å². The molecule has 7 nitrogen and oxygen atoms in total. The van der Waals surface area contributed by atoms with Gasteiger partial charge in [-0.15, -0.1) is 11.3 Å². The number of carbonyl (C=O) groups is 1. The van der Waals surface area contributed by atoms with E-state index in [4.69, 9.17) is 9.15 Å². The summed E-state index contributed by atoms with van der Waals surface area (Å²) in [7, 11) is 0. The minimum absolute atomic E-state index is 0.208. The minimum Gasteiger partial charge on any atom is -0.454 e. The Labute approximate surface area is 156 Å². The first-order chi connectivity index (χ1) is 12.9. The second kappa shape index (κ2) is 6.48. The number of aromatic amines is 1. The van der Waals surface area contributed by atoms with Crippen LogP contribution < -0.4 is 11.2 Å². The molecule has 0 fully saturated rings. The summed E-state index contributed by atoms with van der Waals surface area (Å²) in [5.74, 6) is -0.622. The summed E-state index contributed by atoms with van der Waals surface area (Å²) < 4.78 is 10.3. The second-order valence-corrected chi connectivity index (χ2v) is 7.24. The summed E-state index contributed by atoms with van der Waals surface area (Å²) in [5.41, 5.74) is 0.0122. The molecule has 0 saturated heterocycles. The highest BCUT2D eigenvalue weighted by atomic mass is 32.1. The van der Waals surface area contributed by atoms with Crippen LogP contribution in [0.2, 0.25) is 0 Å². The molecule has 1 aromatic carbocycles. The van der Waals surface area contributed by atoms with Crippen molar-refractivity contribution in [2.45, 2.75) is 20.5 Å². The number of ether oxygens (including phenoxy) is 1. The molecule has 4 rings (SSSR count). The van der Waals surface area contributed by atoms with E-state index in [0.717, 1.165) is 10.4 Å². The fourth-order valence-electron chi connectivity index (χ4n) is 2.78. The number of H-pyrrole nitrogens is 1. The Hall–Kier alpha value is -3.26. The van der Waals surface area contributed by atoms with Crippen molar-refractivity contribution in [2.24, 2.45) is 0 Å². The first-order valence-corrected chi connectivity index (χ1v) is 8.94. The van der Waals surface area contributed by atoms with E-state index in [1.165, 1.54) is 17.4 Å². The third-order valence-electron chi connectivity index (χ3n) is 4.29. The average molecular weight is 382 g/mol. The number of hydrogen-bond acceptors (Lipinski definition) is 7. The van der Waals surface area contributed by atoms with Gasteiger partial charge in [0.1, 0.15) is 28.4 Å². The highest BCUT2D eigenvalue weighted by Gasteiger charge is 2.17. The van der Waals surface area contributed by atoms with Gasteiger partial charge in [-0.3, -0.25) is 4.79 Å². The molecule has 27 heavy (non-hydrogen) atoms. The van der Waals surface area contributed by atoms with Crippen molar-refractivity contribution in [2.75, 3.05) is 0 Å². The Morgan fingerprint density at radius 1 is 1.26 bits per heavy atom. The lowest BCUT2D eigenvalue weighted by molar-refractivity contribution is 0.0457. The van der Waals surface area contributed by atoms with Crippen molar-refractivity contribution >= 4 is 38.5 Å². The maximum absolute atomic E-state index is 12.3. The normalized spacial score (nSPS) is 11.2. The molecule has 0 aliphatic heterocycles. The highest BCUT2D eigenvalue weighted by molar-refractivity contribution is 7.18. The van der Waals surface area contributed by atoms with Gasteiger partial charge in [-0.25, -0.2) is 14.6 Å². The molecule has 4 aromatic rings. The summed E-state index contributed by atoms with van der Waals surface area (Å²) >= 11 is 1.40. The largest absolute Gasteiger partial charge is 0.454 e. The van der Waals surface area contributed by atoms with Gasteiger partial charge < -0.3 is 14.1 Å². The van der Waals surface area contributed by atoms with Crippen molar-refractivity contribution in [3.63, 3.8) is 0 Å². The summed E-state index contributed by atoms with van der Waals surface area (Å²) in [4.78, 5) is 45.1. The maximum Gasteiger partial charge on any atom is 0.351 e. The number of aryl methyl sites for hydroxylation is 2. The van der Waals surface area contributed by atoms with Crippen molar-refractivity contribution < 1.29 is 13.9 Å². The first-order valence-electron chi connectivity index (χ1n) is 8.13. The van der Waals surface area contributed by atoms with Crippen molar-refractivity contribution in [3.8, 4) is 0 Å². The molecule has 0 aliphatic carbocycles. The van der Waals surface area contributed by atoms with E-state index in [-0.39, 0.29) is 23.6 Å². The van der Waals surface area contributed by atoms with Crippen LogP contribution >= 0.6 is 11.3 Å². The standard InChI is InChI=1S/C19H14N2O5S/c1-9-10(2)27-17-15(9)16(22)20-14(21-17)8-25-18(23)12-7-11-5-3-4-6-13(11)26-19(12)24/h3-7H,8H2,1-2H3,(H,20,21,22). The predicted molar refractivity (Wildman–Crippen MR) is 101 cm³/mol. The number of fused-ring (bicyclic) bond motifs is 2. The van der Waals surface area contributed by atoms with Crippen LogP contribution in [-0.4, -0.2) is 15.9 Å². The highest BCUT2D eigenvalue weighted by Crippen LogP contribution is 2.25. The van der Waals surface area contributed by atoms with Crippen molar-refractivity contribution in [3.05, 3.63) is 72.9 Å². The number of esters is 1. The van der Waals surface area contributed by atoms with Crippen LogP contribution in [0.4, 0.5) is 0 Å². The van der Waals surface area contributed by atoms with E-state index in [1.807, 2.05) is 13.8 Å². The van der Waals surface area contributed by atoms with Crippen LogP contribution in [-0.2, 0) is 11.3 Å². The molecule has 0 saturated carbocycles. The Morgan fingerprint density at radius 3 is 2.85 bits per heavy atom. The van der Waals surface area contributed by atoms with Gasteiger partial charge >= 0.3 is 11.6 Å². The third-order valence-corrected chi connectivity index (χ3v) is 5.39. The fraction of sp³-hybridized carbons (Fsp3) is 0.158. The zero-order valence-corrected chi connectivity index (χ0v) is 15.3. The number of nitrogens with one attached hydrogen (secondary N) is 1. The lowest BCUT2D eigenvalue weighted by Gasteiger charge is -2.05. The summed E-state index contributed by atoms with van der Waals surface area (Å²) in [6.45, 7) is 3.52. The summed E-state index contributed by atoms with van der Waals surface area (Å²) in [5, 5.41) is 1.16. The molecule has 8 heteroatoms. The minimum atomic E-state index is -0.837. The lowest BCUT2D eigenvalue weighted by atomic mass is 10.2. The monoisotopic (exact) mass is 382 g/mol. The van der Waals surface area contributed by atoms with Crippen LogP contribution in [0, 0.1) is 13.8 Å². The molecule has 1 N–H and O–H groups in total. The Balaban J connectivity index is 1.61. The Kier molecular flexibility index (Phi) is 4.12. The zero-order valence-electron chi connectivity index (χ0n) is 14.5. The maximum atomic E-state index is 12.3. The van der Waals surface area contributed by atoms with Crippen LogP contribution in [0.1, 0.15) is 26.6 Å². The number of rotatable bonds is 3. The number of aromatic nitrogens is 2. The SMILES string of the molecule is Cc1sc2nc(COC(=O)c3cc4ccccc4oc3=O)[nH]c(=O)c2c1C. The smallest absolute Gasteiger partial charge is 0.351 e. The molecule has 0 radical (unpaired) electrons. The Bertz CT molecular complexity index is 1320. The summed E-state index contributed by atoms with van der Waals surface area (Å²) in [6.07, 6.45) is 0. The molecule has 0 unspecified atom stereocenters. The Morgan fingerprint density at radius 2 is 2.04 bits per heavy atom. The van der Waals surface area contributed by atoms with E-state index < -0.39 is 11.6 Å². The van der Waals surface area contributed by atoms with E-state index >= 15 is 0 Å². The van der Waals surface area contributed by atoms with Gasteiger partial charge in [0.2, 0.25) is 0 Å². The van der Waals surface area contributed by atoms with Crippen LogP contribution in [0.15, 0.2) is 44.3 Å². The molecular formula is C19H14N2O5S. The van der Waals surface area contributed by atoms with Gasteiger partial charge in [-0.05, 0) is 31.5 Å². The number of carbonyl (C=O) groups excluding carboxylic acids is 1. The number of hydrogen-bond donors (Lipinski definition) is 1. The van der Waals surface area contributed by atoms with E-state index in [0.29, 0.717) is 21.2 Å². The summed E-state index contributed by atoms with van der Waals surface area (Å²) in [6, 6.07) is 8.29. The molecule has 0 atom stereocenters. The van der Waals surface area contributed by atoms with Crippen molar-refractivity contribution in [1.82, 2.24) is 9.97 Å². The van der Waals surface area contributed by atoms with Gasteiger partial charge in [0.05, 0.1) is 5.39 Å². The van der Waals surface area contributed by atoms with Crippen molar-refractivity contribution in [1.29, 1.82) is 0 Å². The quantitative estimate of drug-likeness (QED) is 0.432. The molecule has 0 bridgehead atoms. The van der Waals surface area contributed by atoms with E-state index in [2.05, 4.69) is 9.97 Å².